The molecule has 0 aliphatic carbocycles. The Bertz CT molecular complexity index is 875. The molecule has 0 bridgehead atoms. The van der Waals surface area contributed by atoms with Gasteiger partial charge in [-0.05, 0) is 40.2 Å². The monoisotopic (exact) mass is 340 g/mol. The molecule has 3 heterocycles. The topological polar surface area (TPSA) is 98.7 Å². The van der Waals surface area contributed by atoms with Crippen LogP contribution in [0, 0.1) is 27.7 Å². The molecule has 0 aliphatic heterocycles. The highest BCUT2D eigenvalue weighted by Crippen LogP contribution is 2.15. The fraction of sp³-hybridized carbons (Fsp3) is 0.353. The average molecular weight is 340 g/mol. The lowest BCUT2D eigenvalue weighted by Crippen LogP contribution is -2.14. The molecule has 3 aromatic heterocycles. The second kappa shape index (κ2) is 6.84. The molecule has 130 valence electrons. The Hall–Kier alpha value is -3.03. The number of aryl methyl sites for hydroxylation is 4. The fourth-order valence-electron chi connectivity index (χ4n) is 2.65. The van der Waals surface area contributed by atoms with E-state index in [1.807, 2.05) is 33.8 Å². The summed E-state index contributed by atoms with van der Waals surface area (Å²) in [6.45, 7) is 7.57. The molecule has 25 heavy (non-hydrogen) atoms. The molecule has 0 aliphatic rings. The molecule has 0 atom stereocenters. The second-order valence-electron chi connectivity index (χ2n) is 5.96. The normalized spacial score (nSPS) is 10.9. The second-order valence-corrected chi connectivity index (χ2v) is 5.96. The molecule has 0 saturated carbocycles. The lowest BCUT2D eigenvalue weighted by Gasteiger charge is -2.06. The Morgan fingerprint density at radius 1 is 1.20 bits per heavy atom. The van der Waals surface area contributed by atoms with Crippen molar-refractivity contribution in [1.82, 2.24) is 24.9 Å². The van der Waals surface area contributed by atoms with Crippen LogP contribution in [0.3, 0.4) is 0 Å². The van der Waals surface area contributed by atoms with Crippen molar-refractivity contribution in [2.24, 2.45) is 0 Å². The van der Waals surface area contributed by atoms with E-state index in [4.69, 9.17) is 4.52 Å². The first-order valence-corrected chi connectivity index (χ1v) is 8.01. The van der Waals surface area contributed by atoms with Crippen molar-refractivity contribution in [3.05, 3.63) is 46.9 Å². The van der Waals surface area contributed by atoms with Crippen molar-refractivity contribution >= 4 is 11.6 Å². The van der Waals surface area contributed by atoms with Gasteiger partial charge in [-0.15, -0.1) is 0 Å². The minimum absolute atomic E-state index is 0.109. The Balaban J connectivity index is 1.61. The number of rotatable bonds is 5. The Morgan fingerprint density at radius 2 is 1.92 bits per heavy atom. The highest BCUT2D eigenvalue weighted by molar-refractivity contribution is 5.90. The molecule has 0 fully saturated rings. The van der Waals surface area contributed by atoms with Crippen LogP contribution in [0.4, 0.5) is 5.69 Å². The number of aromatic nitrogens is 5. The van der Waals surface area contributed by atoms with Crippen LogP contribution in [-0.2, 0) is 11.2 Å². The predicted molar refractivity (Wildman–Crippen MR) is 91.6 cm³/mol. The van der Waals surface area contributed by atoms with E-state index in [1.54, 1.807) is 17.1 Å². The van der Waals surface area contributed by atoms with Crippen LogP contribution < -0.4 is 5.32 Å². The highest BCUT2D eigenvalue weighted by atomic mass is 16.5. The van der Waals surface area contributed by atoms with E-state index in [-0.39, 0.29) is 5.91 Å². The maximum Gasteiger partial charge on any atom is 0.250 e. The first-order valence-electron chi connectivity index (χ1n) is 8.01. The zero-order chi connectivity index (χ0) is 18.0. The van der Waals surface area contributed by atoms with Gasteiger partial charge in [-0.25, -0.2) is 14.6 Å². The summed E-state index contributed by atoms with van der Waals surface area (Å²) in [4.78, 5) is 20.6. The summed E-state index contributed by atoms with van der Waals surface area (Å²) in [7, 11) is 0. The van der Waals surface area contributed by atoms with Crippen LogP contribution in [0.1, 0.15) is 34.8 Å². The first kappa shape index (κ1) is 16.8. The predicted octanol–water partition coefficient (Wildman–Crippen LogP) is 2.46. The van der Waals surface area contributed by atoms with Gasteiger partial charge >= 0.3 is 0 Å². The number of nitrogens with zero attached hydrogens (tertiary/aromatic N) is 5. The lowest BCUT2D eigenvalue weighted by molar-refractivity contribution is -0.116. The SMILES string of the molecule is Cc1cc(C)n(-c2ncc(NC(=O)CCc3c(C)noc3C)cn2)n1. The maximum atomic E-state index is 12.1. The van der Waals surface area contributed by atoms with Crippen molar-refractivity contribution in [3.63, 3.8) is 0 Å². The summed E-state index contributed by atoms with van der Waals surface area (Å²) in [5.74, 6) is 1.12. The third-order valence-electron chi connectivity index (χ3n) is 3.90. The third-order valence-corrected chi connectivity index (χ3v) is 3.90. The molecule has 3 aromatic rings. The van der Waals surface area contributed by atoms with E-state index in [0.717, 1.165) is 28.4 Å². The summed E-state index contributed by atoms with van der Waals surface area (Å²) in [5.41, 5.74) is 4.20. The third kappa shape index (κ3) is 3.73. The van der Waals surface area contributed by atoms with Crippen LogP contribution in [-0.4, -0.2) is 30.8 Å². The van der Waals surface area contributed by atoms with Gasteiger partial charge in [0.25, 0.3) is 5.95 Å². The molecule has 0 unspecified atom stereocenters. The lowest BCUT2D eigenvalue weighted by atomic mass is 10.1. The van der Waals surface area contributed by atoms with Crippen molar-refractivity contribution in [3.8, 4) is 5.95 Å². The number of anilines is 1. The minimum atomic E-state index is -0.109. The number of carbonyl (C=O) groups excluding carboxylic acids is 1. The number of amides is 1. The van der Waals surface area contributed by atoms with Gasteiger partial charge in [-0.2, -0.15) is 5.10 Å². The zero-order valence-electron chi connectivity index (χ0n) is 14.7. The molecule has 0 spiro atoms. The van der Waals surface area contributed by atoms with Gasteiger partial charge < -0.3 is 9.84 Å². The van der Waals surface area contributed by atoms with E-state index in [2.05, 4.69) is 25.5 Å². The number of carbonyl (C=O) groups is 1. The quantitative estimate of drug-likeness (QED) is 0.766. The van der Waals surface area contributed by atoms with E-state index in [1.165, 1.54) is 0 Å². The standard InChI is InChI=1S/C17H20N6O2/c1-10-7-11(2)23(21-10)17-18-8-14(9-19-17)20-16(24)6-5-15-12(3)22-25-13(15)4/h7-9H,5-6H2,1-4H3,(H,20,24). The molecular weight excluding hydrogens is 320 g/mol. The van der Waals surface area contributed by atoms with Crippen molar-refractivity contribution in [2.75, 3.05) is 5.32 Å². The van der Waals surface area contributed by atoms with E-state index in [0.29, 0.717) is 24.5 Å². The summed E-state index contributed by atoms with van der Waals surface area (Å²) in [5, 5.41) is 11.0. The number of nitrogens with one attached hydrogen (secondary N) is 1. The number of hydrogen-bond acceptors (Lipinski definition) is 6. The Labute approximate surface area is 145 Å². The highest BCUT2D eigenvalue weighted by Gasteiger charge is 2.12. The largest absolute Gasteiger partial charge is 0.361 e. The average Bonchev–Trinajstić information content (AvgIpc) is 3.08. The summed E-state index contributed by atoms with van der Waals surface area (Å²) >= 11 is 0. The molecule has 1 N–H and O–H groups in total. The van der Waals surface area contributed by atoms with Crippen LogP contribution in [0.15, 0.2) is 23.0 Å². The molecule has 8 heteroatoms. The van der Waals surface area contributed by atoms with Gasteiger partial charge in [0.15, 0.2) is 0 Å². The molecule has 0 radical (unpaired) electrons. The summed E-state index contributed by atoms with van der Waals surface area (Å²) in [6, 6.07) is 1.95. The van der Waals surface area contributed by atoms with Crippen molar-refractivity contribution < 1.29 is 9.32 Å². The molecular formula is C17H20N6O2. The van der Waals surface area contributed by atoms with Crippen LogP contribution in [0.2, 0.25) is 0 Å². The fourth-order valence-corrected chi connectivity index (χ4v) is 2.65. The molecule has 1 amide bonds. The van der Waals surface area contributed by atoms with Gasteiger partial charge in [0.1, 0.15) is 5.76 Å². The zero-order valence-corrected chi connectivity index (χ0v) is 14.7. The molecule has 3 rings (SSSR count). The smallest absolute Gasteiger partial charge is 0.250 e. The maximum absolute atomic E-state index is 12.1. The van der Waals surface area contributed by atoms with Gasteiger partial charge in [0.05, 0.1) is 29.5 Å². The molecule has 0 saturated heterocycles. The molecule has 0 aromatic carbocycles. The Morgan fingerprint density at radius 3 is 2.48 bits per heavy atom. The van der Waals surface area contributed by atoms with Gasteiger partial charge in [-0.1, -0.05) is 5.16 Å². The van der Waals surface area contributed by atoms with Gasteiger partial charge in [0, 0.05) is 17.7 Å². The van der Waals surface area contributed by atoms with E-state index >= 15 is 0 Å². The van der Waals surface area contributed by atoms with Crippen molar-refractivity contribution in [1.29, 1.82) is 0 Å². The summed E-state index contributed by atoms with van der Waals surface area (Å²) in [6.07, 6.45) is 4.07. The van der Waals surface area contributed by atoms with Gasteiger partial charge in [0.2, 0.25) is 5.91 Å². The Kier molecular flexibility index (Phi) is 4.60. The minimum Gasteiger partial charge on any atom is -0.361 e. The van der Waals surface area contributed by atoms with E-state index in [9.17, 15) is 4.79 Å². The van der Waals surface area contributed by atoms with Crippen LogP contribution in [0.5, 0.6) is 0 Å². The van der Waals surface area contributed by atoms with Crippen LogP contribution in [0.25, 0.3) is 5.95 Å². The first-order chi connectivity index (χ1) is 11.9. The van der Waals surface area contributed by atoms with E-state index < -0.39 is 0 Å². The molecule has 8 nitrogen and oxygen atoms in total. The van der Waals surface area contributed by atoms with Gasteiger partial charge in [-0.3, -0.25) is 4.79 Å². The van der Waals surface area contributed by atoms with Crippen molar-refractivity contribution in [2.45, 2.75) is 40.5 Å². The number of hydrogen-bond donors (Lipinski definition) is 1. The van der Waals surface area contributed by atoms with Crippen LogP contribution >= 0.6 is 0 Å². The summed E-state index contributed by atoms with van der Waals surface area (Å²) < 4.78 is 6.77.